The summed E-state index contributed by atoms with van der Waals surface area (Å²) in [4.78, 5) is 36.4. The minimum atomic E-state index is -0.694. The van der Waals surface area contributed by atoms with Crippen LogP contribution in [0.25, 0.3) is 16.6 Å². The van der Waals surface area contributed by atoms with Gasteiger partial charge in [-0.25, -0.2) is 19.2 Å². The number of aryl methyl sites for hydroxylation is 1. The quantitative estimate of drug-likeness (QED) is 0.630. The fourth-order valence-corrected chi connectivity index (χ4v) is 3.19. The van der Waals surface area contributed by atoms with Crippen LogP contribution in [0.15, 0.2) is 41.5 Å². The zero-order valence-corrected chi connectivity index (χ0v) is 17.8. The smallest absolute Gasteiger partial charge is 0.417 e. The third-order valence-corrected chi connectivity index (χ3v) is 4.57. The molecule has 152 valence electrons. The standard InChI is InChI=1S/C21H23ClN4O3/c1-6-25(20(28)29-21(3,4)5)19-24-15-9-7-8-14(22)17(15)18(27)26(19)16-12-23-11-10-13(16)2/h7-12H,6H2,1-5H3. The number of carbonyl (C=O) groups excluding carboxylic acids is 1. The van der Waals surface area contributed by atoms with Crippen molar-refractivity contribution in [2.75, 3.05) is 11.4 Å². The summed E-state index contributed by atoms with van der Waals surface area (Å²) in [6.07, 6.45) is 2.60. The van der Waals surface area contributed by atoms with Gasteiger partial charge in [-0.2, -0.15) is 0 Å². The summed E-state index contributed by atoms with van der Waals surface area (Å²) in [6, 6.07) is 6.82. The molecule has 0 aliphatic rings. The van der Waals surface area contributed by atoms with Crippen LogP contribution in [0.4, 0.5) is 10.7 Å². The molecule has 0 saturated heterocycles. The van der Waals surface area contributed by atoms with Gasteiger partial charge >= 0.3 is 6.09 Å². The zero-order chi connectivity index (χ0) is 21.3. The molecule has 7 nitrogen and oxygen atoms in total. The van der Waals surface area contributed by atoms with Gasteiger partial charge in [0.1, 0.15) is 5.60 Å². The summed E-state index contributed by atoms with van der Waals surface area (Å²) >= 11 is 6.30. The highest BCUT2D eigenvalue weighted by Gasteiger charge is 2.28. The fraction of sp³-hybridized carbons (Fsp3) is 0.333. The number of pyridine rings is 1. The summed E-state index contributed by atoms with van der Waals surface area (Å²) in [5, 5.41) is 0.573. The Hall–Kier alpha value is -2.93. The third-order valence-electron chi connectivity index (χ3n) is 4.25. The normalized spacial score (nSPS) is 11.5. The Kier molecular flexibility index (Phi) is 5.61. The van der Waals surface area contributed by atoms with Crippen molar-refractivity contribution in [2.24, 2.45) is 0 Å². The monoisotopic (exact) mass is 414 g/mol. The van der Waals surface area contributed by atoms with E-state index in [-0.39, 0.29) is 23.4 Å². The molecule has 0 saturated carbocycles. The molecule has 0 fully saturated rings. The Morgan fingerprint density at radius 2 is 2.00 bits per heavy atom. The molecule has 2 aromatic heterocycles. The van der Waals surface area contributed by atoms with E-state index in [1.807, 2.05) is 6.92 Å². The van der Waals surface area contributed by atoms with Crippen LogP contribution in [0.5, 0.6) is 0 Å². The Bertz CT molecular complexity index is 1130. The lowest BCUT2D eigenvalue weighted by Gasteiger charge is -2.27. The molecule has 3 aromatic rings. The van der Waals surface area contributed by atoms with Gasteiger partial charge in [0.25, 0.3) is 5.56 Å². The summed E-state index contributed by atoms with van der Waals surface area (Å²) < 4.78 is 6.90. The predicted octanol–water partition coefficient (Wildman–Crippen LogP) is 4.50. The van der Waals surface area contributed by atoms with E-state index in [1.165, 1.54) is 9.47 Å². The lowest BCUT2D eigenvalue weighted by Crippen LogP contribution is -2.40. The predicted molar refractivity (Wildman–Crippen MR) is 114 cm³/mol. The van der Waals surface area contributed by atoms with E-state index in [2.05, 4.69) is 9.97 Å². The number of aromatic nitrogens is 3. The number of ether oxygens (including phenoxy) is 1. The van der Waals surface area contributed by atoms with Crippen LogP contribution in [-0.2, 0) is 4.74 Å². The summed E-state index contributed by atoms with van der Waals surface area (Å²) in [5.74, 6) is 0.151. The van der Waals surface area contributed by atoms with Gasteiger partial charge in [0.05, 0.1) is 27.8 Å². The number of hydrogen-bond acceptors (Lipinski definition) is 5. The Balaban J connectivity index is 2.36. The fourth-order valence-electron chi connectivity index (χ4n) is 2.94. The average molecular weight is 415 g/mol. The van der Waals surface area contributed by atoms with Crippen LogP contribution in [0.2, 0.25) is 5.02 Å². The number of nitrogens with zero attached hydrogens (tertiary/aromatic N) is 4. The molecule has 0 unspecified atom stereocenters. The molecule has 8 heteroatoms. The van der Waals surface area contributed by atoms with Gasteiger partial charge in [-0.05, 0) is 58.4 Å². The first-order valence-electron chi connectivity index (χ1n) is 9.27. The lowest BCUT2D eigenvalue weighted by molar-refractivity contribution is 0.0579. The molecule has 0 aliphatic heterocycles. The molecule has 0 aliphatic carbocycles. The molecule has 0 radical (unpaired) electrons. The number of fused-ring (bicyclic) bond motifs is 1. The molecule has 3 rings (SSSR count). The van der Waals surface area contributed by atoms with Crippen molar-refractivity contribution >= 4 is 34.5 Å². The zero-order valence-electron chi connectivity index (χ0n) is 17.1. The van der Waals surface area contributed by atoms with E-state index >= 15 is 0 Å². The van der Waals surface area contributed by atoms with E-state index in [1.54, 1.807) is 64.4 Å². The molecule has 0 bridgehead atoms. The maximum atomic E-state index is 13.5. The maximum absolute atomic E-state index is 13.5. The van der Waals surface area contributed by atoms with E-state index in [0.717, 1.165) is 5.56 Å². The first-order chi connectivity index (χ1) is 13.6. The first kappa shape index (κ1) is 20.8. The van der Waals surface area contributed by atoms with Gasteiger partial charge in [-0.1, -0.05) is 17.7 Å². The van der Waals surface area contributed by atoms with Gasteiger partial charge in [0, 0.05) is 12.7 Å². The topological polar surface area (TPSA) is 77.3 Å². The van der Waals surface area contributed by atoms with Gasteiger partial charge in [0.2, 0.25) is 5.95 Å². The van der Waals surface area contributed by atoms with E-state index in [9.17, 15) is 9.59 Å². The minimum Gasteiger partial charge on any atom is -0.443 e. The van der Waals surface area contributed by atoms with E-state index in [0.29, 0.717) is 16.2 Å². The van der Waals surface area contributed by atoms with Crippen LogP contribution in [-0.4, -0.2) is 32.8 Å². The molecule has 0 spiro atoms. The van der Waals surface area contributed by atoms with Crippen molar-refractivity contribution < 1.29 is 9.53 Å². The first-order valence-corrected chi connectivity index (χ1v) is 9.64. The van der Waals surface area contributed by atoms with Crippen molar-refractivity contribution in [1.82, 2.24) is 14.5 Å². The van der Waals surface area contributed by atoms with Crippen LogP contribution >= 0.6 is 11.6 Å². The van der Waals surface area contributed by atoms with Crippen molar-refractivity contribution in [3.05, 3.63) is 57.6 Å². The van der Waals surface area contributed by atoms with E-state index < -0.39 is 11.7 Å². The number of hydrogen-bond donors (Lipinski definition) is 0. The molecule has 29 heavy (non-hydrogen) atoms. The molecular formula is C21H23ClN4O3. The number of halogens is 1. The molecule has 2 heterocycles. The SMILES string of the molecule is CCN(C(=O)OC(C)(C)C)c1nc2cccc(Cl)c2c(=O)n1-c1cnccc1C. The van der Waals surface area contributed by atoms with Crippen molar-refractivity contribution in [1.29, 1.82) is 0 Å². The van der Waals surface area contributed by atoms with Gasteiger partial charge in [-0.3, -0.25) is 9.78 Å². The van der Waals surface area contributed by atoms with Gasteiger partial charge in [0.15, 0.2) is 0 Å². The molecular weight excluding hydrogens is 392 g/mol. The second-order valence-corrected chi connectivity index (χ2v) is 7.98. The number of carbonyl (C=O) groups is 1. The Morgan fingerprint density at radius 1 is 1.28 bits per heavy atom. The third kappa shape index (κ3) is 4.10. The van der Waals surface area contributed by atoms with Crippen molar-refractivity contribution in [3.8, 4) is 5.69 Å². The number of rotatable bonds is 3. The summed E-state index contributed by atoms with van der Waals surface area (Å²) in [6.45, 7) is 9.25. The molecule has 0 N–H and O–H groups in total. The second-order valence-electron chi connectivity index (χ2n) is 7.57. The maximum Gasteiger partial charge on any atom is 0.417 e. The van der Waals surface area contributed by atoms with E-state index in [4.69, 9.17) is 16.3 Å². The highest BCUT2D eigenvalue weighted by Crippen LogP contribution is 2.25. The summed E-state index contributed by atoms with van der Waals surface area (Å²) in [7, 11) is 0. The van der Waals surface area contributed by atoms with Gasteiger partial charge < -0.3 is 4.74 Å². The van der Waals surface area contributed by atoms with Crippen molar-refractivity contribution in [2.45, 2.75) is 40.2 Å². The minimum absolute atomic E-state index is 0.151. The van der Waals surface area contributed by atoms with Crippen LogP contribution in [0.1, 0.15) is 33.3 Å². The molecule has 0 atom stereocenters. The van der Waals surface area contributed by atoms with Crippen molar-refractivity contribution in [3.63, 3.8) is 0 Å². The highest BCUT2D eigenvalue weighted by atomic mass is 35.5. The molecule has 1 amide bonds. The lowest BCUT2D eigenvalue weighted by atomic mass is 10.2. The number of amides is 1. The Morgan fingerprint density at radius 3 is 2.62 bits per heavy atom. The largest absolute Gasteiger partial charge is 0.443 e. The molecule has 1 aromatic carbocycles. The Labute approximate surface area is 173 Å². The summed E-state index contributed by atoms with van der Waals surface area (Å²) in [5.41, 5.74) is 0.645. The van der Waals surface area contributed by atoms with Gasteiger partial charge in [-0.15, -0.1) is 0 Å². The average Bonchev–Trinajstić information content (AvgIpc) is 2.62. The number of anilines is 1. The van der Waals surface area contributed by atoms with Crippen LogP contribution in [0.3, 0.4) is 0 Å². The van der Waals surface area contributed by atoms with Crippen LogP contribution in [0, 0.1) is 6.92 Å². The number of benzene rings is 1. The van der Waals surface area contributed by atoms with Crippen LogP contribution < -0.4 is 10.5 Å². The second kappa shape index (κ2) is 7.83. The highest BCUT2D eigenvalue weighted by molar-refractivity contribution is 6.35.